The summed E-state index contributed by atoms with van der Waals surface area (Å²) in [7, 11) is 1.77. The van der Waals surface area contributed by atoms with E-state index in [-0.39, 0.29) is 6.04 Å². The van der Waals surface area contributed by atoms with E-state index in [0.29, 0.717) is 35.9 Å². The van der Waals surface area contributed by atoms with Gasteiger partial charge in [0.15, 0.2) is 0 Å². The second-order valence-electron chi connectivity index (χ2n) is 8.21. The number of anilines is 2. The van der Waals surface area contributed by atoms with Crippen LogP contribution in [0.1, 0.15) is 70.3 Å². The van der Waals surface area contributed by atoms with Crippen molar-refractivity contribution in [3.63, 3.8) is 0 Å². The van der Waals surface area contributed by atoms with E-state index in [1.54, 1.807) is 13.3 Å². The van der Waals surface area contributed by atoms with E-state index >= 15 is 0 Å². The summed E-state index contributed by atoms with van der Waals surface area (Å²) in [5.41, 5.74) is -0.234. The van der Waals surface area contributed by atoms with Crippen molar-refractivity contribution in [1.82, 2.24) is 9.97 Å². The fraction of sp³-hybridized carbons (Fsp3) is 0.750. The first-order valence-electron chi connectivity index (χ1n) is 10.0. The van der Waals surface area contributed by atoms with Crippen molar-refractivity contribution in [3.8, 4) is 6.07 Å². The molecule has 7 heteroatoms. The van der Waals surface area contributed by atoms with Gasteiger partial charge in [-0.15, -0.1) is 0 Å². The summed E-state index contributed by atoms with van der Waals surface area (Å²) >= 11 is 0. The third-order valence-electron chi connectivity index (χ3n) is 5.79. The number of aromatic nitrogens is 2. The second kappa shape index (κ2) is 8.85. The molecule has 3 rings (SSSR count). The van der Waals surface area contributed by atoms with Gasteiger partial charge in [-0.2, -0.15) is 10.2 Å². The molecule has 2 aliphatic rings. The van der Waals surface area contributed by atoms with Crippen LogP contribution in [0.3, 0.4) is 0 Å². The largest absolute Gasteiger partial charge is 0.390 e. The van der Waals surface area contributed by atoms with Crippen molar-refractivity contribution in [2.75, 3.05) is 17.7 Å². The van der Waals surface area contributed by atoms with E-state index in [1.165, 1.54) is 0 Å². The van der Waals surface area contributed by atoms with Crippen LogP contribution in [-0.2, 0) is 4.74 Å². The first-order chi connectivity index (χ1) is 13.0. The Hall–Kier alpha value is -1.91. The summed E-state index contributed by atoms with van der Waals surface area (Å²) in [5, 5.41) is 26.7. The normalized spacial score (nSPS) is 31.6. The Kier molecular flexibility index (Phi) is 6.51. The van der Waals surface area contributed by atoms with Crippen LogP contribution in [0.4, 0.5) is 11.8 Å². The molecule has 0 spiro atoms. The van der Waals surface area contributed by atoms with Gasteiger partial charge < -0.3 is 20.5 Å². The quantitative estimate of drug-likeness (QED) is 0.681. The second-order valence-corrected chi connectivity index (χ2v) is 8.21. The van der Waals surface area contributed by atoms with Gasteiger partial charge in [0.2, 0.25) is 5.95 Å². The highest BCUT2D eigenvalue weighted by molar-refractivity contribution is 5.54. The van der Waals surface area contributed by atoms with Crippen LogP contribution in [0.15, 0.2) is 6.20 Å². The van der Waals surface area contributed by atoms with Crippen LogP contribution >= 0.6 is 0 Å². The highest BCUT2D eigenvalue weighted by Gasteiger charge is 2.29. The third-order valence-corrected chi connectivity index (χ3v) is 5.79. The first-order valence-corrected chi connectivity index (χ1v) is 10.0. The molecule has 0 aromatic carbocycles. The Balaban J connectivity index is 1.67. The maximum Gasteiger partial charge on any atom is 0.224 e. The van der Waals surface area contributed by atoms with Gasteiger partial charge in [0.1, 0.15) is 17.5 Å². The summed E-state index contributed by atoms with van der Waals surface area (Å²) in [4.78, 5) is 8.90. The topological polar surface area (TPSA) is 103 Å². The van der Waals surface area contributed by atoms with Crippen LogP contribution in [-0.4, -0.2) is 46.0 Å². The molecule has 148 valence electrons. The van der Waals surface area contributed by atoms with Gasteiger partial charge in [-0.3, -0.25) is 0 Å². The number of rotatable bonds is 5. The molecule has 0 radical (unpaired) electrons. The monoisotopic (exact) mass is 373 g/mol. The number of ether oxygens (including phenoxy) is 1. The lowest BCUT2D eigenvalue weighted by atomic mass is 9.93. The van der Waals surface area contributed by atoms with E-state index < -0.39 is 5.60 Å². The number of methoxy groups -OCH3 is 1. The van der Waals surface area contributed by atoms with E-state index in [9.17, 15) is 10.4 Å². The Bertz CT molecular complexity index is 665. The molecule has 0 unspecified atom stereocenters. The SMILES string of the molecule is CO[C@H]1CC[C@H](Nc2ncc(C#N)c(N[C@H]3CCCC[C@](C)(O)C3)n2)CC1. The fourth-order valence-electron chi connectivity index (χ4n) is 4.22. The van der Waals surface area contributed by atoms with Crippen molar-refractivity contribution in [1.29, 1.82) is 5.26 Å². The summed E-state index contributed by atoms with van der Waals surface area (Å²) in [6.07, 6.45) is 10.6. The van der Waals surface area contributed by atoms with Crippen LogP contribution in [0, 0.1) is 11.3 Å². The van der Waals surface area contributed by atoms with Crippen LogP contribution in [0.5, 0.6) is 0 Å². The minimum absolute atomic E-state index is 0.106. The summed E-state index contributed by atoms with van der Waals surface area (Å²) in [6, 6.07) is 2.61. The van der Waals surface area contributed by atoms with Crippen molar-refractivity contribution in [3.05, 3.63) is 11.8 Å². The number of aliphatic hydroxyl groups is 1. The highest BCUT2D eigenvalue weighted by atomic mass is 16.5. The molecule has 2 fully saturated rings. The predicted octanol–water partition coefficient (Wildman–Crippen LogP) is 3.21. The van der Waals surface area contributed by atoms with E-state index in [4.69, 9.17) is 4.74 Å². The highest BCUT2D eigenvalue weighted by Crippen LogP contribution is 2.29. The fourth-order valence-corrected chi connectivity index (χ4v) is 4.22. The lowest BCUT2D eigenvalue weighted by Gasteiger charge is -2.28. The lowest BCUT2D eigenvalue weighted by molar-refractivity contribution is 0.0420. The Labute approximate surface area is 161 Å². The average molecular weight is 374 g/mol. The number of nitrogens with zero attached hydrogens (tertiary/aromatic N) is 3. The number of hydrogen-bond acceptors (Lipinski definition) is 7. The Morgan fingerprint density at radius 2 is 1.96 bits per heavy atom. The number of nitriles is 1. The Morgan fingerprint density at radius 1 is 1.19 bits per heavy atom. The van der Waals surface area contributed by atoms with Crippen LogP contribution in [0.25, 0.3) is 0 Å². The molecule has 1 aromatic heterocycles. The zero-order chi connectivity index (χ0) is 19.3. The van der Waals surface area contributed by atoms with Crippen LogP contribution < -0.4 is 10.6 Å². The van der Waals surface area contributed by atoms with Gasteiger partial charge >= 0.3 is 0 Å². The maximum absolute atomic E-state index is 10.5. The molecule has 2 atom stereocenters. The van der Waals surface area contributed by atoms with Gasteiger partial charge in [-0.25, -0.2) is 4.98 Å². The third kappa shape index (κ3) is 5.53. The first kappa shape index (κ1) is 19.8. The van der Waals surface area contributed by atoms with Crippen molar-refractivity contribution in [2.24, 2.45) is 0 Å². The zero-order valence-corrected chi connectivity index (χ0v) is 16.4. The molecule has 2 saturated carbocycles. The molecule has 0 amide bonds. The van der Waals surface area contributed by atoms with Crippen LogP contribution in [0.2, 0.25) is 0 Å². The molecular formula is C20H31N5O2. The lowest BCUT2D eigenvalue weighted by Crippen LogP contribution is -2.32. The molecule has 27 heavy (non-hydrogen) atoms. The minimum Gasteiger partial charge on any atom is -0.390 e. The molecule has 0 aliphatic heterocycles. The van der Waals surface area contributed by atoms with E-state index in [0.717, 1.165) is 51.4 Å². The predicted molar refractivity (Wildman–Crippen MR) is 105 cm³/mol. The summed E-state index contributed by atoms with van der Waals surface area (Å²) in [6.45, 7) is 1.89. The van der Waals surface area contributed by atoms with E-state index in [1.807, 2.05) is 6.92 Å². The maximum atomic E-state index is 10.5. The molecule has 0 saturated heterocycles. The molecule has 1 aromatic rings. The standard InChI is InChI=1S/C20H31N5O2/c1-20(26)10-4-3-5-16(11-20)23-18-14(12-21)13-22-19(25-18)24-15-6-8-17(27-2)9-7-15/h13,15-17,26H,3-11H2,1-2H3,(H2,22,23,24,25)/t15-,16-,17-,20-/m0/s1. The van der Waals surface area contributed by atoms with Gasteiger partial charge in [0.25, 0.3) is 0 Å². The van der Waals surface area contributed by atoms with Gasteiger partial charge in [-0.05, 0) is 51.9 Å². The van der Waals surface area contributed by atoms with E-state index in [2.05, 4.69) is 26.7 Å². The van der Waals surface area contributed by atoms with Crippen molar-refractivity contribution >= 4 is 11.8 Å². The van der Waals surface area contributed by atoms with Crippen molar-refractivity contribution < 1.29 is 9.84 Å². The minimum atomic E-state index is -0.672. The molecule has 3 N–H and O–H groups in total. The summed E-state index contributed by atoms with van der Waals surface area (Å²) < 4.78 is 5.43. The molecule has 1 heterocycles. The smallest absolute Gasteiger partial charge is 0.224 e. The molecule has 7 nitrogen and oxygen atoms in total. The number of nitrogens with one attached hydrogen (secondary N) is 2. The Morgan fingerprint density at radius 3 is 2.67 bits per heavy atom. The van der Waals surface area contributed by atoms with Gasteiger partial charge in [0.05, 0.1) is 17.9 Å². The molecular weight excluding hydrogens is 342 g/mol. The average Bonchev–Trinajstić information content (AvgIpc) is 2.82. The summed E-state index contributed by atoms with van der Waals surface area (Å²) in [5.74, 6) is 1.11. The molecule has 2 aliphatic carbocycles. The number of hydrogen-bond donors (Lipinski definition) is 3. The van der Waals surface area contributed by atoms with Gasteiger partial charge in [-0.1, -0.05) is 12.8 Å². The zero-order valence-electron chi connectivity index (χ0n) is 16.4. The van der Waals surface area contributed by atoms with Crippen molar-refractivity contribution in [2.45, 2.75) is 88.5 Å². The molecule has 0 bridgehead atoms. The van der Waals surface area contributed by atoms with Gasteiger partial charge in [0, 0.05) is 19.2 Å².